The number of rotatable bonds is 5. The molecule has 29 heavy (non-hydrogen) atoms. The fourth-order valence-corrected chi connectivity index (χ4v) is 3.94. The maximum Gasteiger partial charge on any atom is 0.364 e. The SMILES string of the molecule is Cc1ccc(OC(=O)c2nc(S(=O)(=O)Cc3ccc(Cl)cc3)ncc2Cl)cc1C. The quantitative estimate of drug-likeness (QED) is 0.320. The summed E-state index contributed by atoms with van der Waals surface area (Å²) in [5, 5.41) is -0.126. The minimum absolute atomic E-state index is 0.107. The van der Waals surface area contributed by atoms with E-state index in [-0.39, 0.29) is 16.5 Å². The van der Waals surface area contributed by atoms with Crippen molar-refractivity contribution < 1.29 is 17.9 Å². The molecule has 0 saturated carbocycles. The molecule has 0 aliphatic heterocycles. The van der Waals surface area contributed by atoms with Crippen LogP contribution in [0.3, 0.4) is 0 Å². The maximum absolute atomic E-state index is 12.7. The van der Waals surface area contributed by atoms with Gasteiger partial charge in [-0.2, -0.15) is 0 Å². The minimum atomic E-state index is -3.92. The van der Waals surface area contributed by atoms with Gasteiger partial charge in [0.05, 0.1) is 17.0 Å². The van der Waals surface area contributed by atoms with Gasteiger partial charge in [-0.1, -0.05) is 41.4 Å². The Morgan fingerprint density at radius 2 is 1.72 bits per heavy atom. The number of aromatic nitrogens is 2. The molecule has 0 N–H and O–H groups in total. The van der Waals surface area contributed by atoms with Gasteiger partial charge >= 0.3 is 5.97 Å². The fraction of sp³-hybridized carbons (Fsp3) is 0.150. The highest BCUT2D eigenvalue weighted by molar-refractivity contribution is 7.90. The first-order chi connectivity index (χ1) is 13.7. The van der Waals surface area contributed by atoms with Gasteiger partial charge in [-0.05, 0) is 54.8 Å². The van der Waals surface area contributed by atoms with Crippen LogP contribution in [0.4, 0.5) is 0 Å². The van der Waals surface area contributed by atoms with Crippen molar-refractivity contribution in [2.75, 3.05) is 0 Å². The molecule has 0 unspecified atom stereocenters. The van der Waals surface area contributed by atoms with Crippen LogP contribution in [-0.2, 0) is 15.6 Å². The fourth-order valence-electron chi connectivity index (χ4n) is 2.44. The first kappa shape index (κ1) is 21.2. The third-order valence-electron chi connectivity index (χ3n) is 4.15. The van der Waals surface area contributed by atoms with Crippen LogP contribution in [0, 0.1) is 13.8 Å². The second kappa shape index (κ2) is 8.49. The van der Waals surface area contributed by atoms with Crippen molar-refractivity contribution in [2.24, 2.45) is 0 Å². The molecule has 3 rings (SSSR count). The van der Waals surface area contributed by atoms with Crippen molar-refractivity contribution in [3.63, 3.8) is 0 Å². The third-order valence-corrected chi connectivity index (χ3v) is 6.15. The summed E-state index contributed by atoms with van der Waals surface area (Å²) in [4.78, 5) is 20.1. The van der Waals surface area contributed by atoms with Crippen LogP contribution in [0.1, 0.15) is 27.2 Å². The van der Waals surface area contributed by atoms with Gasteiger partial charge in [-0.25, -0.2) is 23.2 Å². The van der Waals surface area contributed by atoms with E-state index in [2.05, 4.69) is 9.97 Å². The van der Waals surface area contributed by atoms with Gasteiger partial charge in [0.1, 0.15) is 5.75 Å². The van der Waals surface area contributed by atoms with E-state index in [1.165, 1.54) is 0 Å². The van der Waals surface area contributed by atoms with Crippen LogP contribution in [0.25, 0.3) is 0 Å². The van der Waals surface area contributed by atoms with E-state index >= 15 is 0 Å². The van der Waals surface area contributed by atoms with Crippen molar-refractivity contribution in [2.45, 2.75) is 24.8 Å². The number of benzene rings is 2. The molecule has 0 spiro atoms. The van der Waals surface area contributed by atoms with Gasteiger partial charge in [0, 0.05) is 5.02 Å². The van der Waals surface area contributed by atoms with E-state index in [4.69, 9.17) is 27.9 Å². The van der Waals surface area contributed by atoms with Gasteiger partial charge in [0.25, 0.3) is 0 Å². The Morgan fingerprint density at radius 3 is 2.38 bits per heavy atom. The first-order valence-corrected chi connectivity index (χ1v) is 10.9. The third kappa shape index (κ3) is 5.12. The molecule has 0 aliphatic carbocycles. The van der Waals surface area contributed by atoms with E-state index < -0.39 is 21.0 Å². The number of sulfone groups is 1. The summed E-state index contributed by atoms with van der Waals surface area (Å²) in [6.45, 7) is 3.81. The predicted molar refractivity (Wildman–Crippen MR) is 110 cm³/mol. The number of esters is 1. The molecule has 0 aliphatic rings. The van der Waals surface area contributed by atoms with Gasteiger partial charge in [0.15, 0.2) is 5.69 Å². The molecule has 9 heteroatoms. The summed E-state index contributed by atoms with van der Waals surface area (Å²) in [7, 11) is -3.92. The summed E-state index contributed by atoms with van der Waals surface area (Å²) >= 11 is 11.8. The Balaban J connectivity index is 1.87. The van der Waals surface area contributed by atoms with Crippen LogP contribution in [0.2, 0.25) is 10.0 Å². The maximum atomic E-state index is 12.7. The Kier molecular flexibility index (Phi) is 6.21. The molecule has 2 aromatic carbocycles. The molecule has 6 nitrogen and oxygen atoms in total. The van der Waals surface area contributed by atoms with E-state index in [1.54, 1.807) is 36.4 Å². The lowest BCUT2D eigenvalue weighted by atomic mass is 10.1. The second-order valence-corrected chi connectivity index (χ2v) is 9.10. The molecular formula is C20H16Cl2N2O4S. The normalized spacial score (nSPS) is 11.3. The van der Waals surface area contributed by atoms with Gasteiger partial charge in [-0.3, -0.25) is 0 Å². The number of carbonyl (C=O) groups is 1. The van der Waals surface area contributed by atoms with Gasteiger partial charge < -0.3 is 4.74 Å². The summed E-state index contributed by atoms with van der Waals surface area (Å²) in [6, 6.07) is 11.5. The number of halogens is 2. The zero-order valence-electron chi connectivity index (χ0n) is 15.5. The van der Waals surface area contributed by atoms with Crippen molar-refractivity contribution in [1.82, 2.24) is 9.97 Å². The standard InChI is InChI=1S/C20H16Cl2N2O4S/c1-12-3-8-16(9-13(12)2)28-19(25)18-17(22)10-23-20(24-18)29(26,27)11-14-4-6-15(21)7-5-14/h3-10H,11H2,1-2H3. The van der Waals surface area contributed by atoms with Crippen molar-refractivity contribution in [3.05, 3.63) is 81.1 Å². The average molecular weight is 451 g/mol. The highest BCUT2D eigenvalue weighted by Gasteiger charge is 2.24. The number of hydrogen-bond acceptors (Lipinski definition) is 6. The van der Waals surface area contributed by atoms with Crippen molar-refractivity contribution in [3.8, 4) is 5.75 Å². The van der Waals surface area contributed by atoms with Crippen LogP contribution >= 0.6 is 23.2 Å². The summed E-state index contributed by atoms with van der Waals surface area (Å²) in [5.41, 5.74) is 2.16. The Hall–Kier alpha value is -2.48. The summed E-state index contributed by atoms with van der Waals surface area (Å²) in [5.74, 6) is -0.917. The van der Waals surface area contributed by atoms with Gasteiger partial charge in [0.2, 0.25) is 15.0 Å². The lowest BCUT2D eigenvalue weighted by molar-refractivity contribution is 0.0727. The zero-order valence-corrected chi connectivity index (χ0v) is 17.8. The topological polar surface area (TPSA) is 86.2 Å². The molecule has 0 saturated heterocycles. The monoisotopic (exact) mass is 450 g/mol. The number of nitrogens with zero attached hydrogens (tertiary/aromatic N) is 2. The van der Waals surface area contributed by atoms with Crippen LogP contribution in [0.5, 0.6) is 5.75 Å². The number of hydrogen-bond donors (Lipinski definition) is 0. The molecule has 150 valence electrons. The Morgan fingerprint density at radius 1 is 1.03 bits per heavy atom. The molecular weight excluding hydrogens is 435 g/mol. The van der Waals surface area contributed by atoms with E-state index in [0.29, 0.717) is 16.3 Å². The van der Waals surface area contributed by atoms with Crippen LogP contribution in [-0.4, -0.2) is 24.4 Å². The Bertz CT molecular complexity index is 1180. The van der Waals surface area contributed by atoms with Crippen LogP contribution < -0.4 is 4.74 Å². The molecule has 0 bridgehead atoms. The molecule has 0 radical (unpaired) electrons. The molecule has 0 atom stereocenters. The molecule has 3 aromatic rings. The number of carbonyl (C=O) groups excluding carboxylic acids is 1. The lowest BCUT2D eigenvalue weighted by Crippen LogP contribution is -2.16. The lowest BCUT2D eigenvalue weighted by Gasteiger charge is -2.09. The second-order valence-electron chi connectivity index (χ2n) is 6.37. The summed E-state index contributed by atoms with van der Waals surface area (Å²) < 4.78 is 30.6. The van der Waals surface area contributed by atoms with Crippen LogP contribution in [0.15, 0.2) is 53.8 Å². The molecule has 0 amide bonds. The average Bonchev–Trinajstić information content (AvgIpc) is 2.66. The van der Waals surface area contributed by atoms with Crippen molar-refractivity contribution in [1.29, 1.82) is 0 Å². The van der Waals surface area contributed by atoms with Gasteiger partial charge in [-0.15, -0.1) is 0 Å². The predicted octanol–water partition coefficient (Wildman–Crippen LogP) is 4.59. The minimum Gasteiger partial charge on any atom is -0.422 e. The first-order valence-electron chi connectivity index (χ1n) is 8.45. The summed E-state index contributed by atoms with van der Waals surface area (Å²) in [6.07, 6.45) is 1.07. The number of ether oxygens (including phenoxy) is 1. The van der Waals surface area contributed by atoms with E-state index in [0.717, 1.165) is 17.3 Å². The zero-order chi connectivity index (χ0) is 21.2. The highest BCUT2D eigenvalue weighted by atomic mass is 35.5. The Labute approximate surface area is 178 Å². The number of aryl methyl sites for hydroxylation is 2. The van der Waals surface area contributed by atoms with Crippen molar-refractivity contribution >= 4 is 39.0 Å². The highest BCUT2D eigenvalue weighted by Crippen LogP contribution is 2.22. The molecule has 0 fully saturated rings. The van der Waals surface area contributed by atoms with E-state index in [1.807, 2.05) is 19.9 Å². The molecule has 1 aromatic heterocycles. The largest absolute Gasteiger partial charge is 0.422 e. The smallest absolute Gasteiger partial charge is 0.364 e. The van der Waals surface area contributed by atoms with E-state index in [9.17, 15) is 13.2 Å². The molecule has 1 heterocycles.